The van der Waals surface area contributed by atoms with Gasteiger partial charge in [0.05, 0.1) is 17.6 Å². The predicted octanol–water partition coefficient (Wildman–Crippen LogP) is 2.35. The molecule has 0 fully saturated rings. The molecule has 4 heteroatoms. The summed E-state index contributed by atoms with van der Waals surface area (Å²) in [6, 6.07) is 14.2. The Bertz CT molecular complexity index is 844. The van der Waals surface area contributed by atoms with Crippen LogP contribution in [0.15, 0.2) is 47.3 Å². The number of hydrogen-bond acceptors (Lipinski definition) is 2. The summed E-state index contributed by atoms with van der Waals surface area (Å²) in [4.78, 5) is 15.0. The Labute approximate surface area is 116 Å². The van der Waals surface area contributed by atoms with Crippen LogP contribution < -0.4 is 11.0 Å². The maximum absolute atomic E-state index is 12.1. The van der Waals surface area contributed by atoms with Gasteiger partial charge in [-0.05, 0) is 35.7 Å². The van der Waals surface area contributed by atoms with Crippen molar-refractivity contribution >= 4 is 16.7 Å². The Balaban J connectivity index is 1.78. The number of benzene rings is 2. The first-order valence-corrected chi connectivity index (χ1v) is 6.84. The fraction of sp³-hybridized carbons (Fsp3) is 0.188. The van der Waals surface area contributed by atoms with Gasteiger partial charge in [-0.25, -0.2) is 4.79 Å². The zero-order valence-electron chi connectivity index (χ0n) is 11.0. The van der Waals surface area contributed by atoms with E-state index < -0.39 is 0 Å². The van der Waals surface area contributed by atoms with E-state index in [4.69, 9.17) is 0 Å². The van der Waals surface area contributed by atoms with Crippen LogP contribution in [0.5, 0.6) is 0 Å². The second kappa shape index (κ2) is 4.27. The van der Waals surface area contributed by atoms with Gasteiger partial charge in [0.15, 0.2) is 0 Å². The first-order chi connectivity index (χ1) is 9.81. The van der Waals surface area contributed by atoms with E-state index in [1.165, 1.54) is 16.8 Å². The summed E-state index contributed by atoms with van der Waals surface area (Å²) >= 11 is 0. The second-order valence-electron chi connectivity index (χ2n) is 5.20. The largest absolute Gasteiger partial charge is 0.384 e. The molecule has 1 aliphatic heterocycles. The molecule has 0 atom stereocenters. The predicted molar refractivity (Wildman–Crippen MR) is 80.3 cm³/mol. The lowest BCUT2D eigenvalue weighted by molar-refractivity contribution is 0.786. The van der Waals surface area contributed by atoms with Crippen molar-refractivity contribution < 1.29 is 0 Å². The van der Waals surface area contributed by atoms with E-state index in [0.29, 0.717) is 6.54 Å². The van der Waals surface area contributed by atoms with Gasteiger partial charge >= 0.3 is 5.69 Å². The van der Waals surface area contributed by atoms with Crippen LogP contribution in [-0.4, -0.2) is 16.1 Å². The van der Waals surface area contributed by atoms with E-state index in [-0.39, 0.29) is 5.69 Å². The maximum Gasteiger partial charge on any atom is 0.326 e. The highest BCUT2D eigenvalue weighted by molar-refractivity contribution is 5.75. The van der Waals surface area contributed by atoms with E-state index in [0.717, 1.165) is 24.0 Å². The van der Waals surface area contributed by atoms with Gasteiger partial charge in [-0.15, -0.1) is 0 Å². The number of aromatic nitrogens is 2. The minimum atomic E-state index is -0.0511. The number of imidazole rings is 1. The minimum Gasteiger partial charge on any atom is -0.384 e. The van der Waals surface area contributed by atoms with Crippen molar-refractivity contribution in [1.82, 2.24) is 9.55 Å². The number of H-pyrrole nitrogens is 1. The van der Waals surface area contributed by atoms with Crippen LogP contribution in [0.2, 0.25) is 0 Å². The van der Waals surface area contributed by atoms with Gasteiger partial charge in [-0.3, -0.25) is 4.57 Å². The molecule has 100 valence electrons. The molecule has 3 aromatic rings. The molecular formula is C16H15N3O. The highest BCUT2D eigenvalue weighted by Gasteiger charge is 2.11. The number of para-hydroxylation sites is 2. The fourth-order valence-corrected chi connectivity index (χ4v) is 2.90. The number of rotatable bonds is 2. The Morgan fingerprint density at radius 2 is 2.05 bits per heavy atom. The van der Waals surface area contributed by atoms with Crippen LogP contribution in [0, 0.1) is 0 Å². The van der Waals surface area contributed by atoms with Crippen LogP contribution in [0.1, 0.15) is 11.1 Å². The number of anilines is 1. The molecular weight excluding hydrogens is 250 g/mol. The van der Waals surface area contributed by atoms with Crippen LogP contribution in [0.4, 0.5) is 5.69 Å². The molecule has 2 heterocycles. The van der Waals surface area contributed by atoms with Crippen molar-refractivity contribution in [1.29, 1.82) is 0 Å². The molecule has 0 spiro atoms. The molecule has 2 aromatic carbocycles. The lowest BCUT2D eigenvalue weighted by atomic mass is 10.1. The molecule has 0 saturated carbocycles. The smallest absolute Gasteiger partial charge is 0.326 e. The summed E-state index contributed by atoms with van der Waals surface area (Å²) in [5.41, 5.74) is 5.52. The van der Waals surface area contributed by atoms with Crippen LogP contribution in [0.25, 0.3) is 11.0 Å². The van der Waals surface area contributed by atoms with Crippen molar-refractivity contribution in [3.63, 3.8) is 0 Å². The lowest BCUT2D eigenvalue weighted by Gasteiger charge is -2.06. The van der Waals surface area contributed by atoms with Crippen molar-refractivity contribution in [3.8, 4) is 0 Å². The van der Waals surface area contributed by atoms with Crippen LogP contribution in [0.3, 0.4) is 0 Å². The molecule has 0 saturated heterocycles. The van der Waals surface area contributed by atoms with E-state index in [2.05, 4.69) is 28.5 Å². The quantitative estimate of drug-likeness (QED) is 0.747. The third-order valence-corrected chi connectivity index (χ3v) is 3.90. The highest BCUT2D eigenvalue weighted by Crippen LogP contribution is 2.23. The van der Waals surface area contributed by atoms with Crippen molar-refractivity contribution in [2.75, 3.05) is 11.9 Å². The molecule has 4 nitrogen and oxygen atoms in total. The molecule has 1 aliphatic rings. The van der Waals surface area contributed by atoms with E-state index in [1.807, 2.05) is 24.3 Å². The highest BCUT2D eigenvalue weighted by atomic mass is 16.1. The van der Waals surface area contributed by atoms with Crippen molar-refractivity contribution in [2.45, 2.75) is 13.0 Å². The average molecular weight is 265 g/mol. The first-order valence-electron chi connectivity index (χ1n) is 6.84. The normalized spacial score (nSPS) is 13.4. The minimum absolute atomic E-state index is 0.0511. The van der Waals surface area contributed by atoms with Gasteiger partial charge in [0, 0.05) is 12.2 Å². The zero-order valence-corrected chi connectivity index (χ0v) is 11.0. The number of nitrogens with zero attached hydrogens (tertiary/aromatic N) is 1. The SMILES string of the molecule is O=c1[nH]c2ccccc2n1Cc1ccc2c(c1)CCN2. The van der Waals surface area contributed by atoms with Crippen molar-refractivity contribution in [3.05, 3.63) is 64.1 Å². The first kappa shape index (κ1) is 11.3. The summed E-state index contributed by atoms with van der Waals surface area (Å²) in [5, 5.41) is 3.35. The summed E-state index contributed by atoms with van der Waals surface area (Å²) in [7, 11) is 0. The lowest BCUT2D eigenvalue weighted by Crippen LogP contribution is -2.17. The fourth-order valence-electron chi connectivity index (χ4n) is 2.90. The van der Waals surface area contributed by atoms with Gasteiger partial charge < -0.3 is 10.3 Å². The zero-order chi connectivity index (χ0) is 13.5. The van der Waals surface area contributed by atoms with E-state index in [9.17, 15) is 4.79 Å². The summed E-state index contributed by atoms with van der Waals surface area (Å²) < 4.78 is 1.79. The molecule has 20 heavy (non-hydrogen) atoms. The molecule has 0 bridgehead atoms. The van der Waals surface area contributed by atoms with E-state index >= 15 is 0 Å². The topological polar surface area (TPSA) is 49.8 Å². The molecule has 4 rings (SSSR count). The average Bonchev–Trinajstić information content (AvgIpc) is 3.04. The second-order valence-corrected chi connectivity index (χ2v) is 5.20. The Morgan fingerprint density at radius 1 is 1.15 bits per heavy atom. The third-order valence-electron chi connectivity index (χ3n) is 3.90. The summed E-state index contributed by atoms with van der Waals surface area (Å²) in [6.07, 6.45) is 1.06. The maximum atomic E-state index is 12.1. The third kappa shape index (κ3) is 1.72. The number of hydrogen-bond donors (Lipinski definition) is 2. The van der Waals surface area contributed by atoms with Gasteiger partial charge in [0.2, 0.25) is 0 Å². The van der Waals surface area contributed by atoms with Gasteiger partial charge in [0.25, 0.3) is 0 Å². The van der Waals surface area contributed by atoms with Crippen LogP contribution >= 0.6 is 0 Å². The van der Waals surface area contributed by atoms with Gasteiger partial charge in [0.1, 0.15) is 0 Å². The standard InChI is InChI=1S/C16H15N3O/c20-16-18-14-3-1-2-4-15(14)19(16)10-11-5-6-13-12(9-11)7-8-17-13/h1-6,9,17H,7-8,10H2,(H,18,20). The summed E-state index contributed by atoms with van der Waals surface area (Å²) in [5.74, 6) is 0. The Morgan fingerprint density at radius 3 is 3.00 bits per heavy atom. The van der Waals surface area contributed by atoms with Gasteiger partial charge in [-0.1, -0.05) is 24.3 Å². The van der Waals surface area contributed by atoms with E-state index in [1.54, 1.807) is 4.57 Å². The molecule has 1 aromatic heterocycles. The van der Waals surface area contributed by atoms with Gasteiger partial charge in [-0.2, -0.15) is 0 Å². The Hall–Kier alpha value is -2.49. The van der Waals surface area contributed by atoms with Crippen LogP contribution in [-0.2, 0) is 13.0 Å². The number of aromatic amines is 1. The number of fused-ring (bicyclic) bond motifs is 2. The number of nitrogens with one attached hydrogen (secondary N) is 2. The molecule has 0 radical (unpaired) electrons. The Kier molecular flexibility index (Phi) is 2.42. The monoisotopic (exact) mass is 265 g/mol. The molecule has 0 aliphatic carbocycles. The molecule has 2 N–H and O–H groups in total. The molecule has 0 amide bonds. The molecule has 0 unspecified atom stereocenters. The van der Waals surface area contributed by atoms with Crippen molar-refractivity contribution in [2.24, 2.45) is 0 Å². The summed E-state index contributed by atoms with van der Waals surface area (Å²) in [6.45, 7) is 1.61.